The van der Waals surface area contributed by atoms with Gasteiger partial charge in [0.05, 0.1) is 21.2 Å². The summed E-state index contributed by atoms with van der Waals surface area (Å²) < 4.78 is 69.6. The molecule has 0 heterocycles. The van der Waals surface area contributed by atoms with Gasteiger partial charge >= 0.3 is 6.18 Å². The molecule has 0 saturated carbocycles. The van der Waals surface area contributed by atoms with E-state index in [0.29, 0.717) is 22.5 Å². The van der Waals surface area contributed by atoms with Crippen molar-refractivity contribution in [2.75, 3.05) is 17.4 Å². The summed E-state index contributed by atoms with van der Waals surface area (Å²) in [6.07, 6.45) is -3.08. The number of amides is 2. The van der Waals surface area contributed by atoms with Crippen molar-refractivity contribution in [3.63, 3.8) is 0 Å². The Morgan fingerprint density at radius 3 is 2.28 bits per heavy atom. The molecule has 3 rings (SSSR count). The molecule has 0 aromatic heterocycles. The second kappa shape index (κ2) is 14.7. The monoisotopic (exact) mass is 637 g/mol. The van der Waals surface area contributed by atoms with Crippen molar-refractivity contribution in [3.8, 4) is 0 Å². The first-order valence-corrected chi connectivity index (χ1v) is 15.7. The van der Waals surface area contributed by atoms with Crippen LogP contribution in [0.2, 0.25) is 5.02 Å². The molecule has 12 heteroatoms. The lowest BCUT2D eigenvalue weighted by molar-refractivity contribution is -0.140. The Morgan fingerprint density at radius 2 is 1.67 bits per heavy atom. The van der Waals surface area contributed by atoms with E-state index in [-0.39, 0.29) is 17.9 Å². The van der Waals surface area contributed by atoms with Crippen LogP contribution in [0.15, 0.2) is 77.7 Å². The van der Waals surface area contributed by atoms with Crippen LogP contribution in [-0.2, 0) is 32.3 Å². The van der Waals surface area contributed by atoms with Crippen LogP contribution in [0.5, 0.6) is 0 Å². The van der Waals surface area contributed by atoms with Gasteiger partial charge in [0.2, 0.25) is 11.8 Å². The summed E-state index contributed by atoms with van der Waals surface area (Å²) in [6.45, 7) is 5.09. The molecule has 0 fully saturated rings. The number of hydrogen-bond donors (Lipinski definition) is 1. The van der Waals surface area contributed by atoms with Crippen molar-refractivity contribution in [1.29, 1.82) is 0 Å². The topological polar surface area (TPSA) is 86.8 Å². The molecule has 0 aliphatic rings. The van der Waals surface area contributed by atoms with Crippen molar-refractivity contribution in [1.82, 2.24) is 10.2 Å². The third kappa shape index (κ3) is 8.73. The van der Waals surface area contributed by atoms with Gasteiger partial charge in [0, 0.05) is 13.1 Å². The smallest absolute Gasteiger partial charge is 0.354 e. The molecule has 0 aliphatic heterocycles. The van der Waals surface area contributed by atoms with E-state index in [1.54, 1.807) is 25.1 Å². The largest absolute Gasteiger partial charge is 0.417 e. The van der Waals surface area contributed by atoms with Crippen molar-refractivity contribution < 1.29 is 31.2 Å². The Labute approximate surface area is 255 Å². The number of nitrogens with one attached hydrogen (secondary N) is 1. The number of aryl methyl sites for hydroxylation is 1. The molecule has 232 valence electrons. The number of alkyl halides is 3. The molecule has 43 heavy (non-hydrogen) atoms. The van der Waals surface area contributed by atoms with Crippen LogP contribution in [0.3, 0.4) is 0 Å². The summed E-state index contributed by atoms with van der Waals surface area (Å²) >= 11 is 5.82. The average Bonchev–Trinajstić information content (AvgIpc) is 2.96. The number of carbonyl (C=O) groups is 2. The molecule has 0 spiro atoms. The highest BCUT2D eigenvalue weighted by atomic mass is 35.5. The molecule has 1 atom stereocenters. The molecule has 0 radical (unpaired) electrons. The van der Waals surface area contributed by atoms with Crippen LogP contribution in [0, 0.1) is 6.92 Å². The number of halogens is 4. The number of sulfonamides is 1. The van der Waals surface area contributed by atoms with E-state index in [2.05, 4.69) is 5.32 Å². The van der Waals surface area contributed by atoms with E-state index in [4.69, 9.17) is 11.6 Å². The molecule has 1 N–H and O–H groups in total. The third-order valence-corrected chi connectivity index (χ3v) is 8.92. The van der Waals surface area contributed by atoms with Crippen LogP contribution >= 0.6 is 11.6 Å². The molecule has 0 bridgehead atoms. The first kappa shape index (κ1) is 33.9. The van der Waals surface area contributed by atoms with Crippen LogP contribution in [-0.4, -0.2) is 44.3 Å². The zero-order chi connectivity index (χ0) is 31.8. The summed E-state index contributed by atoms with van der Waals surface area (Å²) in [7, 11) is -4.53. The van der Waals surface area contributed by atoms with Gasteiger partial charge in [0.25, 0.3) is 10.0 Å². The second-order valence-corrected chi connectivity index (χ2v) is 12.3. The molecule has 2 amide bonds. The Balaban J connectivity index is 2.11. The number of hydrogen-bond acceptors (Lipinski definition) is 4. The highest BCUT2D eigenvalue weighted by Gasteiger charge is 2.37. The lowest BCUT2D eigenvalue weighted by Gasteiger charge is -2.33. The second-order valence-electron chi connectivity index (χ2n) is 10.1. The predicted molar refractivity (Wildman–Crippen MR) is 161 cm³/mol. The first-order valence-electron chi connectivity index (χ1n) is 13.9. The fourth-order valence-electron chi connectivity index (χ4n) is 4.57. The van der Waals surface area contributed by atoms with Gasteiger partial charge in [-0.1, -0.05) is 79.9 Å². The molecule has 0 saturated heterocycles. The van der Waals surface area contributed by atoms with E-state index < -0.39 is 56.9 Å². The van der Waals surface area contributed by atoms with Gasteiger partial charge in [-0.2, -0.15) is 13.2 Å². The Morgan fingerprint density at radius 1 is 0.977 bits per heavy atom. The van der Waals surface area contributed by atoms with E-state index in [0.717, 1.165) is 30.5 Å². The number of anilines is 1. The van der Waals surface area contributed by atoms with Gasteiger partial charge in [-0.3, -0.25) is 13.9 Å². The first-order chi connectivity index (χ1) is 20.3. The van der Waals surface area contributed by atoms with Crippen molar-refractivity contribution in [3.05, 3.63) is 94.5 Å². The minimum atomic E-state index is -4.87. The van der Waals surface area contributed by atoms with Crippen molar-refractivity contribution in [2.45, 2.75) is 63.7 Å². The summed E-state index contributed by atoms with van der Waals surface area (Å²) in [5.74, 6) is -1.16. The Hall–Kier alpha value is -3.57. The minimum absolute atomic E-state index is 0.0200. The Kier molecular flexibility index (Phi) is 11.6. The van der Waals surface area contributed by atoms with E-state index >= 15 is 0 Å². The van der Waals surface area contributed by atoms with Crippen LogP contribution in [0.25, 0.3) is 0 Å². The number of benzene rings is 3. The fraction of sp³-hybridized carbons (Fsp3) is 0.355. The molecule has 0 unspecified atom stereocenters. The quantitative estimate of drug-likeness (QED) is 0.214. The maximum absolute atomic E-state index is 14.1. The molecule has 3 aromatic carbocycles. The van der Waals surface area contributed by atoms with Gasteiger partial charge in [0.15, 0.2) is 0 Å². The average molecular weight is 638 g/mol. The molecular formula is C31H35ClF3N3O4S. The van der Waals surface area contributed by atoms with Gasteiger partial charge in [-0.05, 0) is 55.7 Å². The lowest BCUT2D eigenvalue weighted by Crippen LogP contribution is -2.52. The number of nitrogens with zero attached hydrogens (tertiary/aromatic N) is 2. The summed E-state index contributed by atoms with van der Waals surface area (Å²) in [6, 6.07) is 16.1. The molecule has 3 aromatic rings. The summed E-state index contributed by atoms with van der Waals surface area (Å²) in [5, 5.41) is 2.22. The van der Waals surface area contributed by atoms with Crippen molar-refractivity contribution >= 4 is 39.1 Å². The van der Waals surface area contributed by atoms with E-state index in [9.17, 15) is 31.2 Å². The van der Waals surface area contributed by atoms with Gasteiger partial charge in [0.1, 0.15) is 12.6 Å². The normalized spacial score (nSPS) is 12.4. The van der Waals surface area contributed by atoms with E-state index in [1.807, 2.05) is 26.0 Å². The fourth-order valence-corrected chi connectivity index (χ4v) is 6.22. The van der Waals surface area contributed by atoms with Crippen LogP contribution in [0.4, 0.5) is 18.9 Å². The zero-order valence-electron chi connectivity index (χ0n) is 24.2. The highest BCUT2D eigenvalue weighted by Crippen LogP contribution is 2.38. The minimum Gasteiger partial charge on any atom is -0.354 e. The maximum atomic E-state index is 14.1. The lowest BCUT2D eigenvalue weighted by atomic mass is 10.1. The maximum Gasteiger partial charge on any atom is 0.417 e. The van der Waals surface area contributed by atoms with Crippen molar-refractivity contribution in [2.24, 2.45) is 0 Å². The summed E-state index contributed by atoms with van der Waals surface area (Å²) in [5.41, 5.74) is -0.0217. The van der Waals surface area contributed by atoms with Crippen LogP contribution in [0.1, 0.15) is 49.8 Å². The zero-order valence-corrected chi connectivity index (χ0v) is 25.8. The summed E-state index contributed by atoms with van der Waals surface area (Å²) in [4.78, 5) is 28.4. The van der Waals surface area contributed by atoms with Crippen LogP contribution < -0.4 is 9.62 Å². The van der Waals surface area contributed by atoms with E-state index in [1.165, 1.54) is 29.2 Å². The highest BCUT2D eigenvalue weighted by molar-refractivity contribution is 7.92. The number of carbonyl (C=O) groups excluding carboxylic acids is 2. The predicted octanol–water partition coefficient (Wildman–Crippen LogP) is 6.59. The molecular weight excluding hydrogens is 603 g/mol. The number of unbranched alkanes of at least 4 members (excludes halogenated alkanes) is 1. The molecule has 0 aliphatic carbocycles. The third-order valence-electron chi connectivity index (χ3n) is 6.80. The van der Waals surface area contributed by atoms with Gasteiger partial charge in [-0.25, -0.2) is 8.42 Å². The molecule has 7 nitrogen and oxygen atoms in total. The standard InChI is InChI=1S/C31H35ClF3N3O4S/c1-4-6-17-36-30(40)28(5-2)37(20-23-12-10-11-22(3)18-23)29(39)21-38(43(41,42)25-13-8-7-9-14-25)24-15-16-27(32)26(19-24)31(33,34)35/h7-16,18-19,28H,4-6,17,20-21H2,1-3H3,(H,36,40)/t28-/m1/s1. The van der Waals surface area contributed by atoms with Gasteiger partial charge < -0.3 is 10.2 Å². The number of rotatable bonds is 13. The van der Waals surface area contributed by atoms with Gasteiger partial charge in [-0.15, -0.1) is 0 Å². The Bertz CT molecular complexity index is 1520. The SMILES string of the molecule is CCCCNC(=O)[C@@H](CC)N(Cc1cccc(C)c1)C(=O)CN(c1ccc(Cl)c(C(F)(F)F)c1)S(=O)(=O)c1ccccc1.